The van der Waals surface area contributed by atoms with Crippen LogP contribution in [-0.2, 0) is 10.3 Å². The van der Waals surface area contributed by atoms with Crippen molar-refractivity contribution in [3.05, 3.63) is 46.5 Å². The zero-order chi connectivity index (χ0) is 22.5. The fourth-order valence-electron chi connectivity index (χ4n) is 5.61. The van der Waals surface area contributed by atoms with Gasteiger partial charge in [-0.15, -0.1) is 0 Å². The Kier molecular flexibility index (Phi) is 3.64. The standard InChI is InChI=1S/C22H22FN7O3/c1-24-16-7-15(28-19-10(8-25-30(16)19)20(31)27-13-5-4-12(13)23)26-14-3-2-6-29(21(14)32)22-11-9-33-18(22)17(11)22/h2-3,6-8,11-13,17-18,24H,4-5,9H2,1H3,(H,26,28)(H,27,31)/t11-,12?,13?,17-,18?,22-/m1/s1. The number of aromatic nitrogens is 4. The average molecular weight is 451 g/mol. The summed E-state index contributed by atoms with van der Waals surface area (Å²) in [6.07, 6.45) is 3.45. The highest BCUT2D eigenvalue weighted by Crippen LogP contribution is 2.82. The summed E-state index contributed by atoms with van der Waals surface area (Å²) in [7, 11) is 1.73. The number of hydrogen-bond donors (Lipinski definition) is 3. The second-order valence-corrected chi connectivity index (χ2v) is 9.24. The summed E-state index contributed by atoms with van der Waals surface area (Å²) in [5.41, 5.74) is 0.655. The number of nitrogens with zero attached hydrogens (tertiary/aromatic N) is 4. The van der Waals surface area contributed by atoms with Gasteiger partial charge in [-0.1, -0.05) is 0 Å². The van der Waals surface area contributed by atoms with Crippen molar-refractivity contribution < 1.29 is 13.9 Å². The maximum absolute atomic E-state index is 13.6. The predicted octanol–water partition coefficient (Wildman–Crippen LogP) is 1.26. The second kappa shape index (κ2) is 6.31. The molecule has 3 unspecified atom stereocenters. The Morgan fingerprint density at radius 1 is 1.36 bits per heavy atom. The summed E-state index contributed by atoms with van der Waals surface area (Å²) in [5, 5.41) is 13.1. The first-order valence-corrected chi connectivity index (χ1v) is 11.2. The maximum atomic E-state index is 13.6. The monoisotopic (exact) mass is 451 g/mol. The molecule has 2 saturated heterocycles. The normalized spacial score (nSPS) is 32.7. The number of pyridine rings is 1. The number of alkyl halides is 1. The minimum absolute atomic E-state index is 0.129. The molecular formula is C22H22FN7O3. The Morgan fingerprint density at radius 3 is 2.91 bits per heavy atom. The number of hydrogen-bond acceptors (Lipinski definition) is 7. The van der Waals surface area contributed by atoms with Crippen LogP contribution in [0.3, 0.4) is 0 Å². The van der Waals surface area contributed by atoms with Gasteiger partial charge in [0.05, 0.1) is 30.5 Å². The van der Waals surface area contributed by atoms with Crippen LogP contribution in [0.25, 0.3) is 5.65 Å². The van der Waals surface area contributed by atoms with E-state index in [1.807, 2.05) is 12.3 Å². The molecule has 3 aliphatic carbocycles. The average Bonchev–Trinajstić information content (AvgIpc) is 3.32. The van der Waals surface area contributed by atoms with Crippen molar-refractivity contribution in [2.24, 2.45) is 11.8 Å². The lowest BCUT2D eigenvalue weighted by Crippen LogP contribution is -2.48. The van der Waals surface area contributed by atoms with Crippen LogP contribution in [-0.4, -0.2) is 57.0 Å². The van der Waals surface area contributed by atoms with E-state index >= 15 is 0 Å². The third kappa shape index (κ3) is 2.40. The van der Waals surface area contributed by atoms with Crippen LogP contribution in [0.5, 0.6) is 0 Å². The zero-order valence-electron chi connectivity index (χ0n) is 17.8. The molecule has 6 atom stereocenters. The molecule has 3 aromatic heterocycles. The van der Waals surface area contributed by atoms with Crippen molar-refractivity contribution in [1.29, 1.82) is 0 Å². The number of carbonyl (C=O) groups is 1. The molecule has 0 radical (unpaired) electrons. The highest BCUT2D eigenvalue weighted by Gasteiger charge is 2.93. The van der Waals surface area contributed by atoms with E-state index in [1.165, 1.54) is 10.7 Å². The first-order valence-electron chi connectivity index (χ1n) is 11.2. The van der Waals surface area contributed by atoms with Gasteiger partial charge in [0.2, 0.25) is 0 Å². The summed E-state index contributed by atoms with van der Waals surface area (Å²) in [5.74, 6) is 1.45. The van der Waals surface area contributed by atoms with Gasteiger partial charge < -0.3 is 25.3 Å². The summed E-state index contributed by atoms with van der Waals surface area (Å²) in [4.78, 5) is 30.5. The molecule has 10 nitrogen and oxygen atoms in total. The number of anilines is 3. The van der Waals surface area contributed by atoms with Gasteiger partial charge in [0.25, 0.3) is 11.5 Å². The lowest BCUT2D eigenvalue weighted by Gasteiger charge is -2.30. The summed E-state index contributed by atoms with van der Waals surface area (Å²) >= 11 is 0. The molecule has 8 rings (SSSR count). The fraction of sp³-hybridized carbons (Fsp3) is 0.455. The lowest BCUT2D eigenvalue weighted by atomic mass is 9.90. The van der Waals surface area contributed by atoms with Crippen molar-refractivity contribution in [3.63, 3.8) is 0 Å². The minimum Gasteiger partial charge on any atom is -0.375 e. The molecule has 5 heterocycles. The van der Waals surface area contributed by atoms with Crippen molar-refractivity contribution >= 4 is 28.9 Å². The van der Waals surface area contributed by atoms with Crippen molar-refractivity contribution in [3.8, 4) is 0 Å². The van der Waals surface area contributed by atoms with Crippen LogP contribution in [0, 0.1) is 11.8 Å². The van der Waals surface area contributed by atoms with Gasteiger partial charge in [-0.05, 0) is 25.0 Å². The number of carbonyl (C=O) groups excluding carboxylic acids is 1. The number of ether oxygens (including phenoxy) is 1. The van der Waals surface area contributed by atoms with E-state index in [2.05, 4.69) is 26.0 Å². The Hall–Kier alpha value is -3.47. The molecule has 3 N–H and O–H groups in total. The van der Waals surface area contributed by atoms with E-state index in [1.54, 1.807) is 23.7 Å². The molecule has 3 aromatic rings. The SMILES string of the molecule is CNc1cc(Nc2cccn([C@]34C5OC[C@@H]3[C@H]54)c2=O)nc2c(C(=O)NC3CCC3F)cnn12. The van der Waals surface area contributed by atoms with Gasteiger partial charge in [-0.25, -0.2) is 9.37 Å². The summed E-state index contributed by atoms with van der Waals surface area (Å²) in [6, 6.07) is 4.79. The van der Waals surface area contributed by atoms with Gasteiger partial charge in [-0.3, -0.25) is 9.59 Å². The van der Waals surface area contributed by atoms with Crippen molar-refractivity contribution in [2.75, 3.05) is 24.3 Å². The first kappa shape index (κ1) is 19.0. The lowest BCUT2D eigenvalue weighted by molar-refractivity contribution is 0.0826. The van der Waals surface area contributed by atoms with Gasteiger partial charge in [0, 0.05) is 31.1 Å². The third-order valence-electron chi connectivity index (χ3n) is 7.69. The number of rotatable bonds is 6. The van der Waals surface area contributed by atoms with E-state index in [0.29, 0.717) is 47.6 Å². The second-order valence-electron chi connectivity index (χ2n) is 9.24. The summed E-state index contributed by atoms with van der Waals surface area (Å²) in [6.45, 7) is 0.721. The highest BCUT2D eigenvalue weighted by atomic mass is 19.1. The molecule has 0 spiro atoms. The highest BCUT2D eigenvalue weighted by molar-refractivity contribution is 6.00. The first-order chi connectivity index (χ1) is 16.0. The van der Waals surface area contributed by atoms with E-state index in [0.717, 1.165) is 6.61 Å². The van der Waals surface area contributed by atoms with Crippen LogP contribution >= 0.6 is 0 Å². The molecule has 33 heavy (non-hydrogen) atoms. The van der Waals surface area contributed by atoms with Gasteiger partial charge in [0.15, 0.2) is 5.65 Å². The van der Waals surface area contributed by atoms with Crippen LogP contribution < -0.4 is 21.5 Å². The minimum atomic E-state index is -1.02. The van der Waals surface area contributed by atoms with Gasteiger partial charge >= 0.3 is 0 Å². The Labute approximate surface area is 187 Å². The van der Waals surface area contributed by atoms with E-state index in [-0.39, 0.29) is 22.8 Å². The largest absolute Gasteiger partial charge is 0.375 e. The molecule has 1 amide bonds. The van der Waals surface area contributed by atoms with E-state index < -0.39 is 18.1 Å². The molecular weight excluding hydrogens is 429 g/mol. The molecule has 170 valence electrons. The van der Waals surface area contributed by atoms with Crippen LogP contribution in [0.15, 0.2) is 35.4 Å². The zero-order valence-corrected chi connectivity index (χ0v) is 17.8. The third-order valence-corrected chi connectivity index (χ3v) is 7.69. The Bertz CT molecular complexity index is 1360. The van der Waals surface area contributed by atoms with Crippen LogP contribution in [0.4, 0.5) is 21.7 Å². The number of fused-ring (bicyclic) bond motifs is 2. The molecule has 2 bridgehead atoms. The van der Waals surface area contributed by atoms with Crippen LogP contribution in [0.2, 0.25) is 0 Å². The molecule has 11 heteroatoms. The molecule has 2 aliphatic heterocycles. The number of halogens is 1. The van der Waals surface area contributed by atoms with Crippen molar-refractivity contribution in [1.82, 2.24) is 24.5 Å². The topological polar surface area (TPSA) is 115 Å². The predicted molar refractivity (Wildman–Crippen MR) is 117 cm³/mol. The number of nitrogens with one attached hydrogen (secondary N) is 3. The quantitative estimate of drug-likeness (QED) is 0.517. The number of amides is 1. The molecule has 5 aliphatic rings. The van der Waals surface area contributed by atoms with E-state index in [4.69, 9.17) is 4.74 Å². The summed E-state index contributed by atoms with van der Waals surface area (Å²) < 4.78 is 22.6. The molecule has 5 fully saturated rings. The Morgan fingerprint density at radius 2 is 2.24 bits per heavy atom. The smallest absolute Gasteiger partial charge is 0.274 e. The van der Waals surface area contributed by atoms with Crippen LogP contribution in [0.1, 0.15) is 23.2 Å². The Balaban J connectivity index is 1.23. The van der Waals surface area contributed by atoms with E-state index in [9.17, 15) is 14.0 Å². The van der Waals surface area contributed by atoms with Gasteiger partial charge in [-0.2, -0.15) is 9.61 Å². The van der Waals surface area contributed by atoms with Crippen molar-refractivity contribution in [2.45, 2.75) is 36.7 Å². The fourth-order valence-corrected chi connectivity index (χ4v) is 5.61. The molecule has 3 saturated carbocycles. The molecule has 0 aromatic carbocycles. The van der Waals surface area contributed by atoms with Gasteiger partial charge in [0.1, 0.15) is 29.1 Å². The maximum Gasteiger partial charge on any atom is 0.274 e.